The molecule has 0 fully saturated rings. The molecule has 1 heterocycles. The summed E-state index contributed by atoms with van der Waals surface area (Å²) in [5, 5.41) is 0. The average molecular weight is 402 g/mol. The van der Waals surface area contributed by atoms with E-state index in [0.29, 0.717) is 12.0 Å². The average Bonchev–Trinajstić information content (AvgIpc) is 3.11. The zero-order chi connectivity index (χ0) is 20.7. The van der Waals surface area contributed by atoms with Crippen LogP contribution in [0.15, 0.2) is 36.5 Å². The van der Waals surface area contributed by atoms with E-state index in [2.05, 4.69) is 11.9 Å². The molecule has 29 heavy (non-hydrogen) atoms. The molecule has 0 bridgehead atoms. The first-order chi connectivity index (χ1) is 14.2. The number of hydrogen-bond donors (Lipinski definition) is 1. The van der Waals surface area contributed by atoms with Gasteiger partial charge in [-0.15, -0.1) is 0 Å². The molecule has 0 aliphatic heterocycles. The Morgan fingerprint density at radius 3 is 2.10 bits per heavy atom. The molecule has 0 radical (unpaired) electrons. The molecule has 0 saturated carbocycles. The molecule has 1 aromatic heterocycles. The van der Waals surface area contributed by atoms with Crippen LogP contribution in [0.25, 0.3) is 0 Å². The number of unbranched alkanes of at least 4 members (excludes halogenated alkanes) is 10. The maximum absolute atomic E-state index is 14.5. The number of aromatic nitrogens is 1. The summed E-state index contributed by atoms with van der Waals surface area (Å²) in [7, 11) is 0. The number of halogens is 1. The smallest absolute Gasteiger partial charge is 0.358 e. The van der Waals surface area contributed by atoms with Crippen molar-refractivity contribution in [2.75, 3.05) is 0 Å². The highest BCUT2D eigenvalue weighted by Gasteiger charge is 2.18. The Morgan fingerprint density at radius 1 is 0.897 bits per heavy atom. The summed E-state index contributed by atoms with van der Waals surface area (Å²) in [5.74, 6) is -1.10. The van der Waals surface area contributed by atoms with E-state index < -0.39 is 11.8 Å². The Morgan fingerprint density at radius 2 is 1.48 bits per heavy atom. The lowest BCUT2D eigenvalue weighted by molar-refractivity contribution is 0.0461. The van der Waals surface area contributed by atoms with E-state index in [1.165, 1.54) is 57.8 Å². The van der Waals surface area contributed by atoms with Gasteiger partial charge in [-0.05, 0) is 18.4 Å². The van der Waals surface area contributed by atoms with Crippen LogP contribution in [0.5, 0.6) is 0 Å². The van der Waals surface area contributed by atoms with E-state index in [0.717, 1.165) is 18.4 Å². The molecule has 0 aliphatic rings. The zero-order valence-corrected chi connectivity index (χ0v) is 17.9. The lowest BCUT2D eigenvalue weighted by Gasteiger charge is -2.04. The highest BCUT2D eigenvalue weighted by atomic mass is 19.1. The van der Waals surface area contributed by atoms with Gasteiger partial charge in [0.2, 0.25) is 0 Å². The number of rotatable bonds is 15. The molecule has 0 atom stereocenters. The van der Waals surface area contributed by atoms with Crippen LogP contribution in [0.2, 0.25) is 0 Å². The van der Waals surface area contributed by atoms with Gasteiger partial charge in [0.05, 0.1) is 0 Å². The predicted octanol–water partition coefficient (Wildman–Crippen LogP) is 7.36. The minimum absolute atomic E-state index is 0.0704. The second-order valence-electron chi connectivity index (χ2n) is 7.85. The van der Waals surface area contributed by atoms with Crippen molar-refractivity contribution in [3.8, 4) is 0 Å². The van der Waals surface area contributed by atoms with Gasteiger partial charge in [-0.25, -0.2) is 9.18 Å². The molecular formula is C25H36FNO2. The number of H-pyrrole nitrogens is 1. The third-order valence-corrected chi connectivity index (χ3v) is 5.36. The van der Waals surface area contributed by atoms with Crippen molar-refractivity contribution in [1.29, 1.82) is 0 Å². The van der Waals surface area contributed by atoms with E-state index in [1.54, 1.807) is 6.20 Å². The summed E-state index contributed by atoms with van der Waals surface area (Å²) in [6.07, 6.45) is 16.2. The fourth-order valence-electron chi connectivity index (χ4n) is 3.55. The molecule has 160 valence electrons. The lowest BCUT2D eigenvalue weighted by Crippen LogP contribution is -2.07. The molecule has 0 saturated heterocycles. The first-order valence-corrected chi connectivity index (χ1v) is 11.3. The van der Waals surface area contributed by atoms with Crippen LogP contribution in [0, 0.1) is 5.82 Å². The van der Waals surface area contributed by atoms with Crippen LogP contribution in [-0.2, 0) is 17.8 Å². The van der Waals surface area contributed by atoms with Gasteiger partial charge in [-0.2, -0.15) is 0 Å². The van der Waals surface area contributed by atoms with Crippen molar-refractivity contribution in [3.05, 3.63) is 59.2 Å². The van der Waals surface area contributed by atoms with E-state index in [1.807, 2.05) is 30.3 Å². The third kappa shape index (κ3) is 8.84. The fraction of sp³-hybridized carbons (Fsp3) is 0.560. The number of aryl methyl sites for hydroxylation is 1. The summed E-state index contributed by atoms with van der Waals surface area (Å²) in [5.41, 5.74) is 1.39. The fourth-order valence-corrected chi connectivity index (χ4v) is 3.55. The number of aromatic amines is 1. The minimum Gasteiger partial charge on any atom is -0.456 e. The maximum Gasteiger partial charge on any atom is 0.358 e. The van der Waals surface area contributed by atoms with Crippen molar-refractivity contribution < 1.29 is 13.9 Å². The Kier molecular flexibility index (Phi) is 11.2. The van der Waals surface area contributed by atoms with Gasteiger partial charge in [-0.3, -0.25) is 0 Å². The second-order valence-corrected chi connectivity index (χ2v) is 7.85. The maximum atomic E-state index is 14.5. The largest absolute Gasteiger partial charge is 0.456 e. The lowest BCUT2D eigenvalue weighted by atomic mass is 10.0. The number of carbonyl (C=O) groups excluding carboxylic acids is 1. The minimum atomic E-state index is -0.642. The summed E-state index contributed by atoms with van der Waals surface area (Å²) in [4.78, 5) is 14.9. The number of carbonyl (C=O) groups is 1. The molecule has 2 rings (SSSR count). The summed E-state index contributed by atoms with van der Waals surface area (Å²) < 4.78 is 19.7. The van der Waals surface area contributed by atoms with Crippen LogP contribution in [0.3, 0.4) is 0 Å². The van der Waals surface area contributed by atoms with Crippen LogP contribution >= 0.6 is 0 Å². The van der Waals surface area contributed by atoms with Crippen molar-refractivity contribution in [1.82, 2.24) is 4.98 Å². The molecule has 0 unspecified atom stereocenters. The SMILES string of the molecule is CCCCCCCCCCCCCc1c[nH]c(C(=O)OCc2ccccc2)c1F. The Labute approximate surface area is 175 Å². The van der Waals surface area contributed by atoms with E-state index in [4.69, 9.17) is 4.74 Å². The van der Waals surface area contributed by atoms with Gasteiger partial charge in [0.15, 0.2) is 11.5 Å². The van der Waals surface area contributed by atoms with Crippen molar-refractivity contribution in [2.24, 2.45) is 0 Å². The number of ether oxygens (including phenoxy) is 1. The van der Waals surface area contributed by atoms with Gasteiger partial charge >= 0.3 is 5.97 Å². The number of nitrogens with one attached hydrogen (secondary N) is 1. The van der Waals surface area contributed by atoms with Gasteiger partial charge in [0.25, 0.3) is 0 Å². The number of esters is 1. The monoisotopic (exact) mass is 401 g/mol. The van der Waals surface area contributed by atoms with Gasteiger partial charge in [0.1, 0.15) is 6.61 Å². The normalized spacial score (nSPS) is 11.0. The molecule has 0 amide bonds. The molecule has 3 nitrogen and oxygen atoms in total. The molecule has 4 heteroatoms. The van der Waals surface area contributed by atoms with Crippen molar-refractivity contribution >= 4 is 5.97 Å². The van der Waals surface area contributed by atoms with Gasteiger partial charge < -0.3 is 9.72 Å². The van der Waals surface area contributed by atoms with E-state index >= 15 is 0 Å². The van der Waals surface area contributed by atoms with E-state index in [-0.39, 0.29) is 12.3 Å². The Hall–Kier alpha value is -2.10. The van der Waals surface area contributed by atoms with Crippen LogP contribution in [-0.4, -0.2) is 11.0 Å². The van der Waals surface area contributed by atoms with Crippen molar-refractivity contribution in [3.63, 3.8) is 0 Å². The topological polar surface area (TPSA) is 42.1 Å². The van der Waals surface area contributed by atoms with Crippen molar-refractivity contribution in [2.45, 2.75) is 90.6 Å². The summed E-state index contributed by atoms with van der Waals surface area (Å²) in [6.45, 7) is 2.39. The zero-order valence-electron chi connectivity index (χ0n) is 17.9. The first-order valence-electron chi connectivity index (χ1n) is 11.3. The molecular weight excluding hydrogens is 365 g/mol. The molecule has 0 spiro atoms. The van der Waals surface area contributed by atoms with Crippen LogP contribution < -0.4 is 0 Å². The quantitative estimate of drug-likeness (QED) is 0.250. The first kappa shape index (κ1) is 23.2. The highest BCUT2D eigenvalue weighted by Crippen LogP contribution is 2.18. The molecule has 2 aromatic rings. The second kappa shape index (κ2) is 14.0. The molecule has 1 aromatic carbocycles. The predicted molar refractivity (Wildman–Crippen MR) is 116 cm³/mol. The molecule has 0 aliphatic carbocycles. The van der Waals surface area contributed by atoms with Crippen LogP contribution in [0.1, 0.15) is 99.2 Å². The van der Waals surface area contributed by atoms with Crippen LogP contribution in [0.4, 0.5) is 4.39 Å². The van der Waals surface area contributed by atoms with Gasteiger partial charge in [-0.1, -0.05) is 101 Å². The third-order valence-electron chi connectivity index (χ3n) is 5.36. The number of hydrogen-bond acceptors (Lipinski definition) is 2. The highest BCUT2D eigenvalue weighted by molar-refractivity contribution is 5.88. The molecule has 1 N–H and O–H groups in total. The number of benzene rings is 1. The summed E-state index contributed by atoms with van der Waals surface area (Å²) in [6, 6.07) is 9.40. The Balaban J connectivity index is 1.58. The van der Waals surface area contributed by atoms with E-state index in [9.17, 15) is 9.18 Å². The standard InChI is InChI=1S/C25H36FNO2/c1-2-3-4-5-6-7-8-9-10-11-15-18-22-19-27-24(23(22)26)25(28)29-20-21-16-13-12-14-17-21/h12-14,16-17,19,27H,2-11,15,18,20H2,1H3. The van der Waals surface area contributed by atoms with Gasteiger partial charge in [0, 0.05) is 11.8 Å². The Bertz CT molecular complexity index is 696. The summed E-state index contributed by atoms with van der Waals surface area (Å²) >= 11 is 0.